The van der Waals surface area contributed by atoms with E-state index in [4.69, 9.17) is 0 Å². The Balaban J connectivity index is 1.24. The topological polar surface area (TPSA) is 3.24 Å². The fourth-order valence-electron chi connectivity index (χ4n) is 9.52. The van der Waals surface area contributed by atoms with Gasteiger partial charge in [0.05, 0.1) is 11.1 Å². The molecule has 2 aliphatic carbocycles. The van der Waals surface area contributed by atoms with Crippen LogP contribution in [0.3, 0.4) is 0 Å². The Hall–Kier alpha value is -6.70. The molecule has 53 heavy (non-hydrogen) atoms. The van der Waals surface area contributed by atoms with Crippen molar-refractivity contribution in [2.45, 2.75) is 12.3 Å². The van der Waals surface area contributed by atoms with Crippen LogP contribution in [-0.2, 0) is 5.41 Å². The lowest BCUT2D eigenvalue weighted by Crippen LogP contribution is -2.26. The Labute approximate surface area is 310 Å². The summed E-state index contributed by atoms with van der Waals surface area (Å²) in [4.78, 5) is 2.49. The Kier molecular flexibility index (Phi) is 6.45. The first-order valence-corrected chi connectivity index (χ1v) is 18.5. The van der Waals surface area contributed by atoms with Crippen molar-refractivity contribution in [1.29, 1.82) is 0 Å². The van der Waals surface area contributed by atoms with Crippen LogP contribution in [0, 0.1) is 6.92 Å². The number of fused-ring (bicyclic) bond motifs is 12. The van der Waals surface area contributed by atoms with E-state index in [0.29, 0.717) is 0 Å². The molecular weight excluding hydrogens is 639 g/mol. The van der Waals surface area contributed by atoms with Gasteiger partial charge in [0.1, 0.15) is 0 Å². The lowest BCUT2D eigenvalue weighted by molar-refractivity contribution is 0.793. The van der Waals surface area contributed by atoms with Gasteiger partial charge in [-0.05, 0) is 109 Å². The van der Waals surface area contributed by atoms with Crippen LogP contribution in [0.4, 0.5) is 17.1 Å². The highest BCUT2D eigenvalue weighted by molar-refractivity contribution is 6.11. The molecule has 9 aromatic carbocycles. The van der Waals surface area contributed by atoms with Gasteiger partial charge in [-0.1, -0.05) is 169 Å². The van der Waals surface area contributed by atoms with Gasteiger partial charge in [-0.15, -0.1) is 0 Å². The van der Waals surface area contributed by atoms with Crippen molar-refractivity contribution in [2.24, 2.45) is 0 Å². The summed E-state index contributed by atoms with van der Waals surface area (Å²) in [7, 11) is 0. The molecule has 9 aromatic rings. The number of hydrogen-bond donors (Lipinski definition) is 0. The summed E-state index contributed by atoms with van der Waals surface area (Å²) in [6.45, 7) is 2.16. The van der Waals surface area contributed by atoms with Crippen LogP contribution in [-0.4, -0.2) is 0 Å². The van der Waals surface area contributed by atoms with E-state index in [-0.39, 0.29) is 0 Å². The molecule has 1 heteroatoms. The molecule has 0 N–H and O–H groups in total. The zero-order valence-corrected chi connectivity index (χ0v) is 29.4. The molecule has 0 bridgehead atoms. The molecule has 0 unspecified atom stereocenters. The molecule has 248 valence electrons. The quantitative estimate of drug-likeness (QED) is 0.180. The van der Waals surface area contributed by atoms with Crippen LogP contribution in [0.5, 0.6) is 0 Å². The maximum Gasteiger partial charge on any atom is 0.0726 e. The van der Waals surface area contributed by atoms with Gasteiger partial charge in [0.15, 0.2) is 0 Å². The first-order valence-electron chi connectivity index (χ1n) is 18.5. The van der Waals surface area contributed by atoms with E-state index < -0.39 is 5.41 Å². The predicted octanol–water partition coefficient (Wildman–Crippen LogP) is 13.8. The highest BCUT2D eigenvalue weighted by Gasteiger charge is 2.51. The van der Waals surface area contributed by atoms with Gasteiger partial charge in [0.2, 0.25) is 0 Å². The van der Waals surface area contributed by atoms with Gasteiger partial charge >= 0.3 is 0 Å². The summed E-state index contributed by atoms with van der Waals surface area (Å²) in [6, 6.07) is 72.3. The molecule has 2 aliphatic rings. The predicted molar refractivity (Wildman–Crippen MR) is 223 cm³/mol. The molecule has 0 saturated carbocycles. The van der Waals surface area contributed by atoms with Crippen molar-refractivity contribution in [3.63, 3.8) is 0 Å². The summed E-state index contributed by atoms with van der Waals surface area (Å²) < 4.78 is 0. The maximum atomic E-state index is 2.50. The summed E-state index contributed by atoms with van der Waals surface area (Å²) >= 11 is 0. The van der Waals surface area contributed by atoms with E-state index >= 15 is 0 Å². The van der Waals surface area contributed by atoms with Crippen molar-refractivity contribution in [1.82, 2.24) is 0 Å². The van der Waals surface area contributed by atoms with Crippen LogP contribution in [0.25, 0.3) is 54.9 Å². The van der Waals surface area contributed by atoms with Gasteiger partial charge in [0.25, 0.3) is 0 Å². The van der Waals surface area contributed by atoms with Crippen molar-refractivity contribution in [2.75, 3.05) is 4.90 Å². The van der Waals surface area contributed by atoms with Crippen molar-refractivity contribution >= 4 is 38.6 Å². The average Bonchev–Trinajstić information content (AvgIpc) is 3.68. The second kappa shape index (κ2) is 11.4. The molecule has 1 nitrogen and oxygen atoms in total. The third kappa shape index (κ3) is 4.19. The standard InChI is InChI=1S/C52H35N/c1-34-25-28-37(29-26-34)53(50-32-27-36-14-3-5-17-40(36)51(50)45-21-12-15-35-13-2-4-16-39(35)45)38-30-31-44-43-20-8-11-24-48(43)52(49(44)33-38)46-22-9-6-18-41(46)42-19-7-10-23-47(42)52/h2-33H,1H3. The zero-order chi connectivity index (χ0) is 35.1. The maximum absolute atomic E-state index is 2.50. The zero-order valence-electron chi connectivity index (χ0n) is 29.4. The molecule has 0 amide bonds. The van der Waals surface area contributed by atoms with E-state index in [2.05, 4.69) is 206 Å². The minimum atomic E-state index is -0.421. The van der Waals surface area contributed by atoms with E-state index in [1.165, 1.54) is 82.7 Å². The molecule has 11 rings (SSSR count). The minimum Gasteiger partial charge on any atom is -0.310 e. The van der Waals surface area contributed by atoms with Crippen LogP contribution >= 0.6 is 0 Å². The second-order valence-electron chi connectivity index (χ2n) is 14.5. The van der Waals surface area contributed by atoms with E-state index in [1.807, 2.05) is 0 Å². The van der Waals surface area contributed by atoms with Crippen LogP contribution in [0.2, 0.25) is 0 Å². The Morgan fingerprint density at radius 1 is 0.358 bits per heavy atom. The van der Waals surface area contributed by atoms with Crippen LogP contribution in [0.1, 0.15) is 27.8 Å². The fraction of sp³-hybridized carbons (Fsp3) is 0.0385. The molecule has 0 radical (unpaired) electrons. The highest BCUT2D eigenvalue weighted by Crippen LogP contribution is 2.63. The SMILES string of the molecule is Cc1ccc(N(c2ccc3c(c2)C2(c4ccccc4-c4ccccc42)c2ccccc2-3)c2ccc3ccccc3c2-c2cccc3ccccc23)cc1. The average molecular weight is 674 g/mol. The molecule has 0 saturated heterocycles. The van der Waals surface area contributed by atoms with E-state index in [0.717, 1.165) is 17.1 Å². The molecule has 0 heterocycles. The largest absolute Gasteiger partial charge is 0.310 e. The second-order valence-corrected chi connectivity index (χ2v) is 14.5. The first kappa shape index (κ1) is 30.0. The van der Waals surface area contributed by atoms with E-state index in [1.54, 1.807) is 0 Å². The number of hydrogen-bond acceptors (Lipinski definition) is 1. The normalized spacial score (nSPS) is 13.2. The Bertz CT molecular complexity index is 2850. The third-order valence-electron chi connectivity index (χ3n) is 11.7. The van der Waals surface area contributed by atoms with Gasteiger partial charge in [0, 0.05) is 16.9 Å². The minimum absolute atomic E-state index is 0.421. The molecule has 0 aliphatic heterocycles. The van der Waals surface area contributed by atoms with Crippen molar-refractivity contribution in [3.05, 3.63) is 222 Å². The number of benzene rings is 9. The van der Waals surface area contributed by atoms with Crippen molar-refractivity contribution < 1.29 is 0 Å². The molecule has 0 fully saturated rings. The third-order valence-corrected chi connectivity index (χ3v) is 11.7. The summed E-state index contributed by atoms with van der Waals surface area (Å²) in [5.41, 5.74) is 17.3. The van der Waals surface area contributed by atoms with Gasteiger partial charge in [-0.3, -0.25) is 0 Å². The molecule has 0 atom stereocenters. The summed E-state index contributed by atoms with van der Waals surface area (Å²) in [6.07, 6.45) is 0. The fourth-order valence-corrected chi connectivity index (χ4v) is 9.52. The number of rotatable bonds is 4. The van der Waals surface area contributed by atoms with Gasteiger partial charge in [-0.2, -0.15) is 0 Å². The lowest BCUT2D eigenvalue weighted by Gasteiger charge is -2.33. The Morgan fingerprint density at radius 3 is 1.51 bits per heavy atom. The Morgan fingerprint density at radius 2 is 0.849 bits per heavy atom. The van der Waals surface area contributed by atoms with E-state index in [9.17, 15) is 0 Å². The molecular formula is C52H35N. The summed E-state index contributed by atoms with van der Waals surface area (Å²) in [5.74, 6) is 0. The van der Waals surface area contributed by atoms with Gasteiger partial charge < -0.3 is 4.90 Å². The highest BCUT2D eigenvalue weighted by atomic mass is 15.1. The van der Waals surface area contributed by atoms with Crippen LogP contribution in [0.15, 0.2) is 194 Å². The lowest BCUT2D eigenvalue weighted by atomic mass is 9.70. The van der Waals surface area contributed by atoms with Crippen molar-refractivity contribution in [3.8, 4) is 33.4 Å². The molecule has 0 aromatic heterocycles. The van der Waals surface area contributed by atoms with Crippen LogP contribution < -0.4 is 4.90 Å². The summed E-state index contributed by atoms with van der Waals surface area (Å²) in [5, 5.41) is 4.95. The monoisotopic (exact) mass is 673 g/mol. The smallest absolute Gasteiger partial charge is 0.0726 e. The molecule has 1 spiro atoms. The number of anilines is 3. The number of nitrogens with zero attached hydrogens (tertiary/aromatic N) is 1. The van der Waals surface area contributed by atoms with Gasteiger partial charge in [-0.25, -0.2) is 0 Å². The first-order chi connectivity index (χ1) is 26.2. The number of aryl methyl sites for hydroxylation is 1.